The molecule has 0 rings (SSSR count). The molecular formula is C8H19N2OSi+. The molecule has 0 aromatic heterocycles. The van der Waals surface area contributed by atoms with E-state index in [1.165, 1.54) is 0 Å². The molecule has 1 atom stereocenters. The number of hydrogen-bond donors (Lipinski definition) is 2. The second-order valence-corrected chi connectivity index (χ2v) is 9.17. The number of nitrogens with two attached hydrogens (primary N) is 1. The molecule has 4 heteroatoms. The van der Waals surface area contributed by atoms with Crippen LogP contribution >= 0.6 is 0 Å². The Kier molecular flexibility index (Phi) is 4.20. The van der Waals surface area contributed by atoms with Gasteiger partial charge in [-0.05, 0) is 0 Å². The first kappa shape index (κ1) is 11.4. The minimum atomic E-state index is -1.12. The average molecular weight is 187 g/mol. The molecule has 12 heavy (non-hydrogen) atoms. The number of amides is 1. The molecule has 0 fully saturated rings. The number of primary amides is 1. The molecule has 3 nitrogen and oxygen atoms in total. The molecule has 0 aliphatic carbocycles. The molecule has 0 aromatic carbocycles. The van der Waals surface area contributed by atoms with Crippen LogP contribution in [-0.2, 0) is 4.79 Å². The molecule has 1 unspecified atom stereocenters. The van der Waals surface area contributed by atoms with Crippen LogP contribution in [0.4, 0.5) is 0 Å². The molecule has 0 saturated carbocycles. The third kappa shape index (κ3) is 6.12. The Morgan fingerprint density at radius 2 is 2.08 bits per heavy atom. The van der Waals surface area contributed by atoms with E-state index in [9.17, 15) is 4.79 Å². The fourth-order valence-corrected chi connectivity index (χ4v) is 1.55. The highest BCUT2D eigenvalue weighted by atomic mass is 28.3. The number of quaternary nitrogens is 1. The van der Waals surface area contributed by atoms with Crippen LogP contribution in [0.3, 0.4) is 0 Å². The van der Waals surface area contributed by atoms with Crippen molar-refractivity contribution in [1.29, 1.82) is 0 Å². The van der Waals surface area contributed by atoms with Crippen molar-refractivity contribution in [1.82, 2.24) is 0 Å². The first-order valence-corrected chi connectivity index (χ1v) is 7.71. The largest absolute Gasteiger partial charge is 0.365 e. The van der Waals surface area contributed by atoms with Gasteiger partial charge in [-0.3, -0.25) is 4.79 Å². The van der Waals surface area contributed by atoms with Gasteiger partial charge in [0.15, 0.2) is 6.04 Å². The van der Waals surface area contributed by atoms with Gasteiger partial charge >= 0.3 is 0 Å². The predicted octanol–water partition coefficient (Wildman–Crippen LogP) is -0.0941. The number of rotatable bonds is 4. The van der Waals surface area contributed by atoms with E-state index in [0.29, 0.717) is 6.42 Å². The molecule has 0 bridgehead atoms. The van der Waals surface area contributed by atoms with E-state index in [0.717, 1.165) is 0 Å². The van der Waals surface area contributed by atoms with E-state index in [1.807, 2.05) is 6.08 Å². The standard InChI is InChI=1S/C8H18N2OSi/c1-12(2,3)6-4-5-7(9)8(10)11/h4,6-7H,5,9H2,1-3H3,(H2,10,11)/p+1/b6-4-. The lowest BCUT2D eigenvalue weighted by molar-refractivity contribution is -0.401. The summed E-state index contributed by atoms with van der Waals surface area (Å²) in [5.41, 5.74) is 10.9. The molecule has 0 aliphatic heterocycles. The highest BCUT2D eigenvalue weighted by Crippen LogP contribution is 2.02. The van der Waals surface area contributed by atoms with Crippen LogP contribution in [0.25, 0.3) is 0 Å². The van der Waals surface area contributed by atoms with Gasteiger partial charge in [-0.1, -0.05) is 31.4 Å². The number of carbonyl (C=O) groups is 1. The maximum atomic E-state index is 10.6. The van der Waals surface area contributed by atoms with Crippen LogP contribution < -0.4 is 11.5 Å². The molecule has 70 valence electrons. The van der Waals surface area contributed by atoms with E-state index in [1.54, 1.807) is 0 Å². The third-order valence-corrected chi connectivity index (χ3v) is 2.68. The SMILES string of the molecule is C[Si](C)(C)/C=C\CC([NH3+])C(N)=O. The summed E-state index contributed by atoms with van der Waals surface area (Å²) in [6, 6.07) is -0.280. The molecule has 0 aromatic rings. The quantitative estimate of drug-likeness (QED) is 0.593. The first-order chi connectivity index (χ1) is 5.33. The Labute approximate surface area is 74.8 Å². The Morgan fingerprint density at radius 1 is 1.58 bits per heavy atom. The highest BCUT2D eigenvalue weighted by Gasteiger charge is 2.12. The van der Waals surface area contributed by atoms with Crippen molar-refractivity contribution in [2.45, 2.75) is 32.1 Å². The van der Waals surface area contributed by atoms with Gasteiger partial charge in [0.1, 0.15) is 0 Å². The Bertz CT molecular complexity index is 184. The van der Waals surface area contributed by atoms with Gasteiger partial charge < -0.3 is 11.5 Å². The van der Waals surface area contributed by atoms with Gasteiger partial charge in [0.05, 0.1) is 8.07 Å². The smallest absolute Gasteiger partial charge is 0.275 e. The summed E-state index contributed by atoms with van der Waals surface area (Å²) < 4.78 is 0. The van der Waals surface area contributed by atoms with Crippen LogP contribution in [0.5, 0.6) is 0 Å². The maximum Gasteiger partial charge on any atom is 0.275 e. The molecule has 1 amide bonds. The van der Waals surface area contributed by atoms with E-state index >= 15 is 0 Å². The zero-order chi connectivity index (χ0) is 9.78. The molecule has 0 heterocycles. The van der Waals surface area contributed by atoms with Gasteiger partial charge in [0.2, 0.25) is 0 Å². The summed E-state index contributed by atoms with van der Waals surface area (Å²) in [5, 5.41) is 0. The van der Waals surface area contributed by atoms with E-state index in [2.05, 4.69) is 31.1 Å². The zero-order valence-corrected chi connectivity index (χ0v) is 9.13. The van der Waals surface area contributed by atoms with E-state index in [4.69, 9.17) is 5.73 Å². The Balaban J connectivity index is 3.83. The molecular weight excluding hydrogens is 168 g/mol. The van der Waals surface area contributed by atoms with Crippen molar-refractivity contribution in [3.8, 4) is 0 Å². The minimum absolute atomic E-state index is 0.280. The van der Waals surface area contributed by atoms with Crippen molar-refractivity contribution >= 4 is 14.0 Å². The molecule has 0 radical (unpaired) electrons. The van der Waals surface area contributed by atoms with Crippen molar-refractivity contribution < 1.29 is 10.5 Å². The summed E-state index contributed by atoms with van der Waals surface area (Å²) in [4.78, 5) is 10.6. The van der Waals surface area contributed by atoms with Crippen molar-refractivity contribution in [2.24, 2.45) is 5.73 Å². The molecule has 0 saturated heterocycles. The van der Waals surface area contributed by atoms with Crippen LogP contribution in [0.2, 0.25) is 19.6 Å². The lowest BCUT2D eigenvalue weighted by Gasteiger charge is -2.08. The van der Waals surface area contributed by atoms with Gasteiger partial charge in [-0.2, -0.15) is 0 Å². The molecule has 0 spiro atoms. The zero-order valence-electron chi connectivity index (χ0n) is 8.13. The van der Waals surface area contributed by atoms with Gasteiger partial charge in [0.25, 0.3) is 5.91 Å². The third-order valence-electron chi connectivity index (χ3n) is 1.44. The van der Waals surface area contributed by atoms with Crippen LogP contribution in [0, 0.1) is 0 Å². The fourth-order valence-electron chi connectivity index (χ4n) is 0.702. The van der Waals surface area contributed by atoms with Gasteiger partial charge in [-0.25, -0.2) is 0 Å². The first-order valence-electron chi connectivity index (χ1n) is 4.13. The van der Waals surface area contributed by atoms with Gasteiger partial charge in [-0.15, -0.1) is 0 Å². The van der Waals surface area contributed by atoms with Crippen LogP contribution in [0.1, 0.15) is 6.42 Å². The summed E-state index contributed by atoms with van der Waals surface area (Å²) in [5.74, 6) is -0.324. The van der Waals surface area contributed by atoms with Gasteiger partial charge in [0, 0.05) is 6.42 Å². The van der Waals surface area contributed by atoms with Crippen LogP contribution in [0.15, 0.2) is 11.8 Å². The molecule has 0 aliphatic rings. The average Bonchev–Trinajstić information content (AvgIpc) is 1.84. The van der Waals surface area contributed by atoms with E-state index < -0.39 is 8.07 Å². The molecule has 5 N–H and O–H groups in total. The number of carbonyl (C=O) groups excluding carboxylic acids is 1. The van der Waals surface area contributed by atoms with Crippen LogP contribution in [-0.4, -0.2) is 20.0 Å². The fraction of sp³-hybridized carbons (Fsp3) is 0.625. The second-order valence-electron chi connectivity index (χ2n) is 4.10. The summed E-state index contributed by atoms with van der Waals surface area (Å²) >= 11 is 0. The van der Waals surface area contributed by atoms with Crippen molar-refractivity contribution in [3.05, 3.63) is 11.8 Å². The Morgan fingerprint density at radius 3 is 2.42 bits per heavy atom. The number of hydrogen-bond acceptors (Lipinski definition) is 1. The maximum absolute atomic E-state index is 10.6. The topological polar surface area (TPSA) is 70.7 Å². The second kappa shape index (κ2) is 4.42. The lowest BCUT2D eigenvalue weighted by Crippen LogP contribution is -2.66. The Hall–Kier alpha value is -0.613. The van der Waals surface area contributed by atoms with E-state index in [-0.39, 0.29) is 11.9 Å². The normalized spacial score (nSPS) is 15.0. The lowest BCUT2D eigenvalue weighted by atomic mass is 10.2. The minimum Gasteiger partial charge on any atom is -0.365 e. The summed E-state index contributed by atoms with van der Waals surface area (Å²) in [6.45, 7) is 6.73. The summed E-state index contributed by atoms with van der Waals surface area (Å²) in [7, 11) is -1.12. The summed E-state index contributed by atoms with van der Waals surface area (Å²) in [6.07, 6.45) is 2.69. The predicted molar refractivity (Wildman–Crippen MR) is 53.0 cm³/mol. The highest BCUT2D eigenvalue weighted by molar-refractivity contribution is 6.80. The monoisotopic (exact) mass is 187 g/mol. The van der Waals surface area contributed by atoms with Crippen molar-refractivity contribution in [2.75, 3.05) is 0 Å². The van der Waals surface area contributed by atoms with Crippen molar-refractivity contribution in [3.63, 3.8) is 0 Å².